The van der Waals surface area contributed by atoms with Crippen molar-refractivity contribution < 1.29 is 4.79 Å². The van der Waals surface area contributed by atoms with Gasteiger partial charge in [0.15, 0.2) is 11.5 Å². The molecule has 2 aromatic heterocycles. The molecule has 6 heteroatoms. The molecule has 0 aliphatic rings. The first-order valence-corrected chi connectivity index (χ1v) is 5.98. The van der Waals surface area contributed by atoms with E-state index in [0.717, 1.165) is 10.9 Å². The zero-order valence-electron chi connectivity index (χ0n) is 9.72. The number of hydrogen-bond donors (Lipinski definition) is 2. The first kappa shape index (κ1) is 11.7. The van der Waals surface area contributed by atoms with Gasteiger partial charge in [0, 0.05) is 11.6 Å². The fourth-order valence-electron chi connectivity index (χ4n) is 1.78. The number of para-hydroxylation sites is 1. The largest absolute Gasteiger partial charge is 0.304 e. The van der Waals surface area contributed by atoms with Gasteiger partial charge in [-0.2, -0.15) is 5.10 Å². The Hall–Kier alpha value is -2.40. The summed E-state index contributed by atoms with van der Waals surface area (Å²) in [5.41, 5.74) is 1.12. The molecule has 0 atom stereocenters. The molecule has 19 heavy (non-hydrogen) atoms. The minimum Gasteiger partial charge on any atom is -0.304 e. The van der Waals surface area contributed by atoms with Crippen LogP contribution in [-0.2, 0) is 0 Å². The lowest BCUT2D eigenvalue weighted by atomic mass is 10.2. The Labute approximate surface area is 113 Å². The summed E-state index contributed by atoms with van der Waals surface area (Å²) >= 11 is 5.94. The molecule has 3 aromatic rings. The molecule has 0 unspecified atom stereocenters. The zero-order valence-corrected chi connectivity index (χ0v) is 10.5. The van der Waals surface area contributed by atoms with Crippen LogP contribution in [0.4, 0.5) is 5.82 Å². The summed E-state index contributed by atoms with van der Waals surface area (Å²) in [6.45, 7) is 0. The highest BCUT2D eigenvalue weighted by Gasteiger charge is 2.15. The number of fused-ring (bicyclic) bond motifs is 1. The van der Waals surface area contributed by atoms with Gasteiger partial charge in [0.05, 0.1) is 10.5 Å². The average molecular weight is 273 g/mol. The SMILES string of the molecule is O=C(Nc1ncccc1Cl)c1n[nH]c2ccccc12. The van der Waals surface area contributed by atoms with Crippen molar-refractivity contribution in [1.29, 1.82) is 0 Å². The number of aromatic amines is 1. The first-order valence-electron chi connectivity index (χ1n) is 5.60. The Bertz CT molecular complexity index is 753. The summed E-state index contributed by atoms with van der Waals surface area (Å²) in [5, 5.41) is 10.6. The Morgan fingerprint density at radius 1 is 1.21 bits per heavy atom. The number of anilines is 1. The molecule has 94 valence electrons. The lowest BCUT2D eigenvalue weighted by molar-refractivity contribution is 0.102. The Kier molecular flexibility index (Phi) is 2.89. The van der Waals surface area contributed by atoms with Crippen molar-refractivity contribution in [1.82, 2.24) is 15.2 Å². The van der Waals surface area contributed by atoms with Gasteiger partial charge in [0.2, 0.25) is 0 Å². The van der Waals surface area contributed by atoms with Crippen molar-refractivity contribution in [3.05, 3.63) is 53.3 Å². The number of aromatic nitrogens is 3. The minimum atomic E-state index is -0.349. The van der Waals surface area contributed by atoms with Crippen molar-refractivity contribution in [2.45, 2.75) is 0 Å². The van der Waals surface area contributed by atoms with E-state index in [1.54, 1.807) is 18.3 Å². The molecule has 0 radical (unpaired) electrons. The second-order valence-corrected chi connectivity index (χ2v) is 4.31. The molecule has 0 bridgehead atoms. The summed E-state index contributed by atoms with van der Waals surface area (Å²) in [7, 11) is 0. The van der Waals surface area contributed by atoms with Gasteiger partial charge >= 0.3 is 0 Å². The smallest absolute Gasteiger partial charge is 0.277 e. The molecule has 0 aliphatic carbocycles. The number of nitrogens with zero attached hydrogens (tertiary/aromatic N) is 2. The van der Waals surface area contributed by atoms with Crippen molar-refractivity contribution in [3.63, 3.8) is 0 Å². The minimum absolute atomic E-state index is 0.317. The zero-order chi connectivity index (χ0) is 13.2. The maximum atomic E-state index is 12.1. The van der Waals surface area contributed by atoms with Crippen LogP contribution in [0.25, 0.3) is 10.9 Å². The molecule has 0 fully saturated rings. The number of H-pyrrole nitrogens is 1. The third kappa shape index (κ3) is 2.15. The van der Waals surface area contributed by atoms with E-state index < -0.39 is 0 Å². The van der Waals surface area contributed by atoms with Crippen molar-refractivity contribution >= 4 is 34.2 Å². The molecular formula is C13H9ClN4O. The predicted molar refractivity (Wildman–Crippen MR) is 73.3 cm³/mol. The Morgan fingerprint density at radius 3 is 2.89 bits per heavy atom. The van der Waals surface area contributed by atoms with Gasteiger partial charge in [-0.3, -0.25) is 9.89 Å². The molecule has 3 rings (SSSR count). The van der Waals surface area contributed by atoms with E-state index in [4.69, 9.17) is 11.6 Å². The number of rotatable bonds is 2. The maximum Gasteiger partial charge on any atom is 0.277 e. The molecular weight excluding hydrogens is 264 g/mol. The van der Waals surface area contributed by atoms with E-state index >= 15 is 0 Å². The van der Waals surface area contributed by atoms with Crippen LogP contribution in [0.5, 0.6) is 0 Å². The predicted octanol–water partition coefficient (Wildman–Crippen LogP) is 2.86. The molecule has 0 saturated heterocycles. The summed E-state index contributed by atoms with van der Waals surface area (Å²) in [4.78, 5) is 16.2. The number of pyridine rings is 1. The van der Waals surface area contributed by atoms with Crippen molar-refractivity contribution in [2.75, 3.05) is 5.32 Å². The standard InChI is InChI=1S/C13H9ClN4O/c14-9-5-3-7-15-12(9)16-13(19)11-8-4-1-2-6-10(8)17-18-11/h1-7H,(H,17,18)(H,15,16,19). The second-order valence-electron chi connectivity index (χ2n) is 3.91. The summed E-state index contributed by atoms with van der Waals surface area (Å²) in [6.07, 6.45) is 1.56. The van der Waals surface area contributed by atoms with Crippen LogP contribution in [0.3, 0.4) is 0 Å². The van der Waals surface area contributed by atoms with Gasteiger partial charge in [-0.25, -0.2) is 4.98 Å². The number of carbonyl (C=O) groups excluding carboxylic acids is 1. The van der Waals surface area contributed by atoms with E-state index in [1.165, 1.54) is 0 Å². The molecule has 0 spiro atoms. The second kappa shape index (κ2) is 4.70. The van der Waals surface area contributed by atoms with Crippen LogP contribution in [0, 0.1) is 0 Å². The van der Waals surface area contributed by atoms with Crippen LogP contribution in [-0.4, -0.2) is 21.1 Å². The van der Waals surface area contributed by atoms with Gasteiger partial charge in [-0.1, -0.05) is 29.8 Å². The van der Waals surface area contributed by atoms with Gasteiger partial charge in [-0.05, 0) is 18.2 Å². The number of benzene rings is 1. The van der Waals surface area contributed by atoms with E-state index in [-0.39, 0.29) is 5.91 Å². The molecule has 0 aliphatic heterocycles. The highest BCUT2D eigenvalue weighted by Crippen LogP contribution is 2.20. The molecule has 1 amide bonds. The van der Waals surface area contributed by atoms with Crippen LogP contribution in [0.15, 0.2) is 42.6 Å². The third-order valence-electron chi connectivity index (χ3n) is 2.68. The van der Waals surface area contributed by atoms with Crippen LogP contribution < -0.4 is 5.32 Å². The number of hydrogen-bond acceptors (Lipinski definition) is 3. The fraction of sp³-hybridized carbons (Fsp3) is 0. The summed E-state index contributed by atoms with van der Waals surface area (Å²) in [5.74, 6) is -0.0284. The van der Waals surface area contributed by atoms with Gasteiger partial charge in [-0.15, -0.1) is 0 Å². The van der Waals surface area contributed by atoms with E-state index in [0.29, 0.717) is 16.5 Å². The Morgan fingerprint density at radius 2 is 2.05 bits per heavy atom. The fourth-order valence-corrected chi connectivity index (χ4v) is 1.95. The number of carbonyl (C=O) groups is 1. The maximum absolute atomic E-state index is 12.1. The number of nitrogens with one attached hydrogen (secondary N) is 2. The summed E-state index contributed by atoms with van der Waals surface area (Å²) in [6, 6.07) is 10.8. The lowest BCUT2D eigenvalue weighted by Crippen LogP contribution is -2.14. The molecule has 1 aromatic carbocycles. The molecule has 5 nitrogen and oxygen atoms in total. The van der Waals surface area contributed by atoms with E-state index in [1.807, 2.05) is 24.3 Å². The first-order chi connectivity index (χ1) is 9.25. The molecule has 2 heterocycles. The van der Waals surface area contributed by atoms with E-state index in [2.05, 4.69) is 20.5 Å². The Balaban J connectivity index is 1.95. The molecule has 2 N–H and O–H groups in total. The van der Waals surface area contributed by atoms with Crippen LogP contribution >= 0.6 is 11.6 Å². The van der Waals surface area contributed by atoms with Crippen molar-refractivity contribution in [3.8, 4) is 0 Å². The van der Waals surface area contributed by atoms with E-state index in [9.17, 15) is 4.79 Å². The highest BCUT2D eigenvalue weighted by molar-refractivity contribution is 6.33. The average Bonchev–Trinajstić information content (AvgIpc) is 2.85. The lowest BCUT2D eigenvalue weighted by Gasteiger charge is -2.03. The normalized spacial score (nSPS) is 10.6. The number of amides is 1. The van der Waals surface area contributed by atoms with Crippen LogP contribution in [0.1, 0.15) is 10.5 Å². The highest BCUT2D eigenvalue weighted by atomic mass is 35.5. The third-order valence-corrected chi connectivity index (χ3v) is 2.98. The van der Waals surface area contributed by atoms with Gasteiger partial charge < -0.3 is 5.32 Å². The van der Waals surface area contributed by atoms with Crippen molar-refractivity contribution in [2.24, 2.45) is 0 Å². The van der Waals surface area contributed by atoms with Crippen LogP contribution in [0.2, 0.25) is 5.02 Å². The molecule has 0 saturated carbocycles. The van der Waals surface area contributed by atoms with Gasteiger partial charge in [0.1, 0.15) is 0 Å². The summed E-state index contributed by atoms with van der Waals surface area (Å²) < 4.78 is 0. The van der Waals surface area contributed by atoms with Gasteiger partial charge in [0.25, 0.3) is 5.91 Å². The number of halogens is 1. The topological polar surface area (TPSA) is 70.7 Å². The quantitative estimate of drug-likeness (QED) is 0.753. The monoisotopic (exact) mass is 272 g/mol.